The largest absolute Gasteiger partial charge is 0.382 e. The molecule has 0 aromatic heterocycles. The van der Waals surface area contributed by atoms with E-state index in [9.17, 15) is 0 Å². The first-order chi connectivity index (χ1) is 9.15. The molecule has 1 rings (SSSR count). The van der Waals surface area contributed by atoms with Gasteiger partial charge < -0.3 is 14.8 Å². The zero-order chi connectivity index (χ0) is 14.1. The summed E-state index contributed by atoms with van der Waals surface area (Å²) in [5.74, 6) is 0. The van der Waals surface area contributed by atoms with Gasteiger partial charge in [-0.3, -0.25) is 0 Å². The lowest BCUT2D eigenvalue weighted by Gasteiger charge is -2.15. The summed E-state index contributed by atoms with van der Waals surface area (Å²) in [5, 5.41) is 3.53. The molecule has 1 aromatic rings. The van der Waals surface area contributed by atoms with Crippen molar-refractivity contribution in [3.8, 4) is 0 Å². The summed E-state index contributed by atoms with van der Waals surface area (Å²) >= 11 is 0. The van der Waals surface area contributed by atoms with Gasteiger partial charge in [0.15, 0.2) is 0 Å². The van der Waals surface area contributed by atoms with Crippen LogP contribution < -0.4 is 5.32 Å². The highest BCUT2D eigenvalue weighted by Gasteiger charge is 2.05. The maximum Gasteiger partial charge on any atom is 0.0700 e. The average molecular weight is 265 g/mol. The molecule has 0 bridgehead atoms. The summed E-state index contributed by atoms with van der Waals surface area (Å²) < 4.78 is 10.4. The van der Waals surface area contributed by atoms with E-state index in [0.717, 1.165) is 19.6 Å². The molecule has 0 amide bonds. The number of nitrogens with one attached hydrogen (secondary N) is 1. The molecule has 1 atom stereocenters. The lowest BCUT2D eigenvalue weighted by molar-refractivity contribution is 0.0693. The Kier molecular flexibility index (Phi) is 7.72. The second-order valence-corrected chi connectivity index (χ2v) is 4.98. The Hall–Kier alpha value is -0.900. The van der Waals surface area contributed by atoms with Gasteiger partial charge in [-0.05, 0) is 50.4 Å². The highest BCUT2D eigenvalue weighted by atomic mass is 16.5. The summed E-state index contributed by atoms with van der Waals surface area (Å²) in [6.45, 7) is 9.63. The van der Waals surface area contributed by atoms with Crippen LogP contribution in [0, 0.1) is 13.8 Å². The Bertz CT molecular complexity index is 366. The fourth-order valence-corrected chi connectivity index (χ4v) is 1.89. The van der Waals surface area contributed by atoms with E-state index in [4.69, 9.17) is 9.47 Å². The van der Waals surface area contributed by atoms with Gasteiger partial charge in [0.05, 0.1) is 13.2 Å². The van der Waals surface area contributed by atoms with Gasteiger partial charge in [-0.25, -0.2) is 0 Å². The molecule has 1 aromatic carbocycles. The van der Waals surface area contributed by atoms with E-state index >= 15 is 0 Å². The molecular formula is C16H27NO2. The summed E-state index contributed by atoms with van der Waals surface area (Å²) in [6.07, 6.45) is 1.03. The molecule has 108 valence electrons. The molecular weight excluding hydrogens is 238 g/mol. The summed E-state index contributed by atoms with van der Waals surface area (Å²) in [6, 6.07) is 7.05. The summed E-state index contributed by atoms with van der Waals surface area (Å²) in [5.41, 5.74) is 4.06. The molecule has 0 aliphatic rings. The van der Waals surface area contributed by atoms with Crippen LogP contribution in [0.3, 0.4) is 0 Å². The number of methoxy groups -OCH3 is 1. The number of ether oxygens (including phenoxy) is 2. The quantitative estimate of drug-likeness (QED) is 0.696. The van der Waals surface area contributed by atoms with Crippen molar-refractivity contribution in [2.45, 2.75) is 33.2 Å². The average Bonchev–Trinajstić information content (AvgIpc) is 2.40. The number of hydrogen-bond donors (Lipinski definition) is 1. The minimum absolute atomic E-state index is 0.387. The van der Waals surface area contributed by atoms with Crippen molar-refractivity contribution in [1.82, 2.24) is 5.32 Å². The predicted octanol–water partition coefficient (Wildman–Crippen LogP) is 3.01. The van der Waals surface area contributed by atoms with E-state index in [2.05, 4.69) is 44.3 Å². The van der Waals surface area contributed by atoms with Crippen LogP contribution in [0.1, 0.15) is 36.1 Å². The van der Waals surface area contributed by atoms with Crippen LogP contribution in [-0.4, -0.2) is 33.5 Å². The number of hydrogen-bond acceptors (Lipinski definition) is 3. The third-order valence-electron chi connectivity index (χ3n) is 3.38. The molecule has 0 aliphatic heterocycles. The normalized spacial score (nSPS) is 12.6. The lowest BCUT2D eigenvalue weighted by Crippen LogP contribution is -2.21. The first kappa shape index (κ1) is 16.2. The molecule has 19 heavy (non-hydrogen) atoms. The fourth-order valence-electron chi connectivity index (χ4n) is 1.89. The molecule has 0 aliphatic carbocycles. The number of aryl methyl sites for hydroxylation is 2. The van der Waals surface area contributed by atoms with Crippen LogP contribution in [0.25, 0.3) is 0 Å². The van der Waals surface area contributed by atoms with Gasteiger partial charge in [-0.2, -0.15) is 0 Å². The van der Waals surface area contributed by atoms with E-state index in [1.54, 1.807) is 7.11 Å². The van der Waals surface area contributed by atoms with Crippen LogP contribution in [0.4, 0.5) is 0 Å². The van der Waals surface area contributed by atoms with Crippen molar-refractivity contribution in [3.63, 3.8) is 0 Å². The molecule has 3 heteroatoms. The molecule has 0 spiro atoms. The van der Waals surface area contributed by atoms with E-state index in [-0.39, 0.29) is 0 Å². The van der Waals surface area contributed by atoms with Crippen LogP contribution in [-0.2, 0) is 9.47 Å². The third kappa shape index (κ3) is 6.19. The number of rotatable bonds is 9. The molecule has 1 N–H and O–H groups in total. The minimum Gasteiger partial charge on any atom is -0.382 e. The Labute approximate surface area is 117 Å². The highest BCUT2D eigenvalue weighted by molar-refractivity contribution is 5.31. The van der Waals surface area contributed by atoms with Gasteiger partial charge in [-0.1, -0.05) is 18.2 Å². The SMILES string of the molecule is COCCOCCCNC(C)c1ccc(C)c(C)c1. The van der Waals surface area contributed by atoms with E-state index < -0.39 is 0 Å². The topological polar surface area (TPSA) is 30.5 Å². The lowest BCUT2D eigenvalue weighted by atomic mass is 10.0. The number of benzene rings is 1. The van der Waals surface area contributed by atoms with Gasteiger partial charge in [0.25, 0.3) is 0 Å². The second kappa shape index (κ2) is 9.08. The van der Waals surface area contributed by atoms with E-state index in [1.807, 2.05) is 0 Å². The maximum atomic E-state index is 5.43. The van der Waals surface area contributed by atoms with Gasteiger partial charge in [0.1, 0.15) is 0 Å². The van der Waals surface area contributed by atoms with E-state index in [1.165, 1.54) is 16.7 Å². The molecule has 0 saturated carbocycles. The van der Waals surface area contributed by atoms with Gasteiger partial charge in [0, 0.05) is 19.8 Å². The van der Waals surface area contributed by atoms with Crippen LogP contribution in [0.5, 0.6) is 0 Å². The first-order valence-corrected chi connectivity index (χ1v) is 7.02. The smallest absolute Gasteiger partial charge is 0.0700 e. The fraction of sp³-hybridized carbons (Fsp3) is 0.625. The maximum absolute atomic E-state index is 5.43. The monoisotopic (exact) mass is 265 g/mol. The van der Waals surface area contributed by atoms with Crippen LogP contribution in [0.15, 0.2) is 18.2 Å². The standard InChI is InChI=1S/C16H27NO2/c1-13-6-7-16(12-14(13)2)15(3)17-8-5-9-19-11-10-18-4/h6-7,12,15,17H,5,8-11H2,1-4H3. The molecule has 0 saturated heterocycles. The Morgan fingerprint density at radius 2 is 1.89 bits per heavy atom. The Balaban J connectivity index is 2.20. The van der Waals surface area contributed by atoms with Crippen molar-refractivity contribution in [3.05, 3.63) is 34.9 Å². The predicted molar refractivity (Wildman–Crippen MR) is 79.6 cm³/mol. The van der Waals surface area contributed by atoms with E-state index in [0.29, 0.717) is 19.3 Å². The zero-order valence-corrected chi connectivity index (χ0v) is 12.7. The molecule has 3 nitrogen and oxygen atoms in total. The van der Waals surface area contributed by atoms with Crippen LogP contribution >= 0.6 is 0 Å². The Morgan fingerprint density at radius 3 is 2.58 bits per heavy atom. The van der Waals surface area contributed by atoms with Crippen molar-refractivity contribution in [1.29, 1.82) is 0 Å². The second-order valence-electron chi connectivity index (χ2n) is 4.98. The molecule has 0 radical (unpaired) electrons. The zero-order valence-electron chi connectivity index (χ0n) is 12.7. The minimum atomic E-state index is 0.387. The summed E-state index contributed by atoms with van der Waals surface area (Å²) in [4.78, 5) is 0. The van der Waals surface area contributed by atoms with Crippen molar-refractivity contribution in [2.24, 2.45) is 0 Å². The van der Waals surface area contributed by atoms with Gasteiger partial charge >= 0.3 is 0 Å². The highest BCUT2D eigenvalue weighted by Crippen LogP contribution is 2.16. The summed E-state index contributed by atoms with van der Waals surface area (Å²) in [7, 11) is 1.69. The molecule has 0 fully saturated rings. The molecule has 1 unspecified atom stereocenters. The Morgan fingerprint density at radius 1 is 1.11 bits per heavy atom. The van der Waals surface area contributed by atoms with Crippen molar-refractivity contribution < 1.29 is 9.47 Å². The van der Waals surface area contributed by atoms with Gasteiger partial charge in [-0.15, -0.1) is 0 Å². The van der Waals surface area contributed by atoms with Crippen molar-refractivity contribution >= 4 is 0 Å². The van der Waals surface area contributed by atoms with Crippen LogP contribution in [0.2, 0.25) is 0 Å². The third-order valence-corrected chi connectivity index (χ3v) is 3.38. The van der Waals surface area contributed by atoms with Gasteiger partial charge in [0.2, 0.25) is 0 Å². The first-order valence-electron chi connectivity index (χ1n) is 7.02. The van der Waals surface area contributed by atoms with Crippen molar-refractivity contribution in [2.75, 3.05) is 33.5 Å². The molecule has 0 heterocycles.